The second kappa shape index (κ2) is 5.96. The van der Waals surface area contributed by atoms with Crippen molar-refractivity contribution < 1.29 is 8.42 Å². The predicted molar refractivity (Wildman–Crippen MR) is 91.3 cm³/mol. The fourth-order valence-corrected chi connectivity index (χ4v) is 4.44. The van der Waals surface area contributed by atoms with E-state index in [-0.39, 0.29) is 4.90 Å². The van der Waals surface area contributed by atoms with Crippen LogP contribution < -0.4 is 5.73 Å². The summed E-state index contributed by atoms with van der Waals surface area (Å²) in [5.41, 5.74) is 7.41. The van der Waals surface area contributed by atoms with Crippen molar-refractivity contribution in [2.75, 3.05) is 6.54 Å². The summed E-state index contributed by atoms with van der Waals surface area (Å²) < 4.78 is 27.4. The Bertz CT molecular complexity index is 980. The van der Waals surface area contributed by atoms with Gasteiger partial charge in [0, 0.05) is 22.8 Å². The number of hydrogen-bond donors (Lipinski definition) is 1. The Morgan fingerprint density at radius 2 is 2.04 bits per heavy atom. The Kier molecular flexibility index (Phi) is 4.14. The van der Waals surface area contributed by atoms with Gasteiger partial charge in [-0.3, -0.25) is 0 Å². The van der Waals surface area contributed by atoms with Crippen LogP contribution in [0.4, 0.5) is 0 Å². The Morgan fingerprint density at radius 1 is 1.26 bits per heavy atom. The Labute approximate surface area is 139 Å². The van der Waals surface area contributed by atoms with Gasteiger partial charge in [-0.25, -0.2) is 17.4 Å². The molecule has 0 aliphatic rings. The lowest BCUT2D eigenvalue weighted by Gasteiger charge is -2.10. The van der Waals surface area contributed by atoms with Crippen LogP contribution in [-0.2, 0) is 16.4 Å². The standard InChI is InChI=1S/C16H16ClN3O2S/c1-11-14(17)5-2-6-15(11)23(21,22)20-10-12(7-8-18)13-4-3-9-19-16(13)20/h2-6,9-10H,7-8,18H2,1H3. The number of rotatable bonds is 4. The molecule has 0 saturated carbocycles. The van der Waals surface area contributed by atoms with Gasteiger partial charge in [-0.1, -0.05) is 17.7 Å². The third-order valence-corrected chi connectivity index (χ3v) is 5.99. The van der Waals surface area contributed by atoms with E-state index in [2.05, 4.69) is 4.98 Å². The number of nitrogens with zero attached hydrogens (tertiary/aromatic N) is 2. The molecule has 3 rings (SSSR count). The summed E-state index contributed by atoms with van der Waals surface area (Å²) in [4.78, 5) is 4.41. The number of fused-ring (bicyclic) bond motifs is 1. The molecule has 0 spiro atoms. The zero-order valence-electron chi connectivity index (χ0n) is 12.5. The minimum Gasteiger partial charge on any atom is -0.330 e. The van der Waals surface area contributed by atoms with Crippen molar-refractivity contribution in [1.82, 2.24) is 8.96 Å². The lowest BCUT2D eigenvalue weighted by molar-refractivity contribution is 0.588. The highest BCUT2D eigenvalue weighted by Crippen LogP contribution is 2.28. The number of nitrogens with two attached hydrogens (primary N) is 1. The Morgan fingerprint density at radius 3 is 2.78 bits per heavy atom. The molecule has 0 bridgehead atoms. The largest absolute Gasteiger partial charge is 0.330 e. The molecule has 0 saturated heterocycles. The van der Waals surface area contributed by atoms with Crippen molar-refractivity contribution in [1.29, 1.82) is 0 Å². The van der Waals surface area contributed by atoms with E-state index in [4.69, 9.17) is 17.3 Å². The van der Waals surface area contributed by atoms with Crippen LogP contribution in [0.25, 0.3) is 11.0 Å². The van der Waals surface area contributed by atoms with Crippen LogP contribution in [-0.4, -0.2) is 23.9 Å². The second-order valence-electron chi connectivity index (χ2n) is 5.23. The summed E-state index contributed by atoms with van der Waals surface area (Å²) in [5, 5.41) is 1.21. The van der Waals surface area contributed by atoms with Crippen molar-refractivity contribution in [3.63, 3.8) is 0 Å². The van der Waals surface area contributed by atoms with Crippen LogP contribution in [0.15, 0.2) is 47.6 Å². The first-order valence-electron chi connectivity index (χ1n) is 7.12. The summed E-state index contributed by atoms with van der Waals surface area (Å²) >= 11 is 6.07. The second-order valence-corrected chi connectivity index (χ2v) is 7.42. The molecule has 3 aromatic rings. The summed E-state index contributed by atoms with van der Waals surface area (Å²) in [5.74, 6) is 0. The summed E-state index contributed by atoms with van der Waals surface area (Å²) in [6.07, 6.45) is 3.75. The molecule has 0 aliphatic heterocycles. The van der Waals surface area contributed by atoms with E-state index in [1.54, 1.807) is 43.6 Å². The highest BCUT2D eigenvalue weighted by atomic mass is 35.5. The molecular weight excluding hydrogens is 334 g/mol. The van der Waals surface area contributed by atoms with E-state index in [0.29, 0.717) is 29.2 Å². The topological polar surface area (TPSA) is 78.0 Å². The smallest absolute Gasteiger partial charge is 0.269 e. The van der Waals surface area contributed by atoms with E-state index in [9.17, 15) is 8.42 Å². The molecule has 1 aromatic carbocycles. The maximum absolute atomic E-state index is 13.1. The molecule has 23 heavy (non-hydrogen) atoms. The van der Waals surface area contributed by atoms with Gasteiger partial charge in [-0.2, -0.15) is 0 Å². The fourth-order valence-electron chi connectivity index (χ4n) is 2.61. The summed E-state index contributed by atoms with van der Waals surface area (Å²) in [6, 6.07) is 8.48. The van der Waals surface area contributed by atoms with E-state index in [1.807, 2.05) is 6.07 Å². The molecule has 2 aromatic heterocycles. The minimum atomic E-state index is -3.79. The SMILES string of the molecule is Cc1c(Cl)cccc1S(=O)(=O)n1cc(CCN)c2cccnc21. The van der Waals surface area contributed by atoms with Crippen LogP contribution in [0.1, 0.15) is 11.1 Å². The van der Waals surface area contributed by atoms with Crippen LogP contribution >= 0.6 is 11.6 Å². The molecule has 0 atom stereocenters. The third-order valence-electron chi connectivity index (χ3n) is 3.78. The molecule has 0 radical (unpaired) electrons. The first kappa shape index (κ1) is 16.0. The molecule has 0 unspecified atom stereocenters. The van der Waals surface area contributed by atoms with Gasteiger partial charge >= 0.3 is 0 Å². The molecule has 5 nitrogen and oxygen atoms in total. The van der Waals surface area contributed by atoms with E-state index in [1.165, 1.54) is 3.97 Å². The zero-order valence-corrected chi connectivity index (χ0v) is 14.1. The van der Waals surface area contributed by atoms with Crippen molar-refractivity contribution in [3.8, 4) is 0 Å². The van der Waals surface area contributed by atoms with Gasteiger partial charge in [0.1, 0.15) is 0 Å². The molecular formula is C16H16ClN3O2S. The number of pyridine rings is 1. The number of halogens is 1. The van der Waals surface area contributed by atoms with Gasteiger partial charge in [0.15, 0.2) is 5.65 Å². The van der Waals surface area contributed by atoms with Crippen LogP contribution in [0.2, 0.25) is 5.02 Å². The van der Waals surface area contributed by atoms with Gasteiger partial charge in [0.25, 0.3) is 10.0 Å². The van der Waals surface area contributed by atoms with E-state index < -0.39 is 10.0 Å². The van der Waals surface area contributed by atoms with Gasteiger partial charge in [-0.05, 0) is 55.3 Å². The number of benzene rings is 1. The first-order chi connectivity index (χ1) is 11.0. The first-order valence-corrected chi connectivity index (χ1v) is 8.94. The number of hydrogen-bond acceptors (Lipinski definition) is 4. The highest BCUT2D eigenvalue weighted by molar-refractivity contribution is 7.90. The van der Waals surface area contributed by atoms with Crippen molar-refractivity contribution in [2.45, 2.75) is 18.2 Å². The lowest BCUT2D eigenvalue weighted by atomic mass is 10.2. The summed E-state index contributed by atoms with van der Waals surface area (Å²) in [6.45, 7) is 2.12. The normalized spacial score (nSPS) is 12.0. The maximum atomic E-state index is 13.1. The van der Waals surface area contributed by atoms with Gasteiger partial charge < -0.3 is 5.73 Å². The van der Waals surface area contributed by atoms with Crippen molar-refractivity contribution in [2.24, 2.45) is 5.73 Å². The molecule has 0 fully saturated rings. The fraction of sp³-hybridized carbons (Fsp3) is 0.188. The van der Waals surface area contributed by atoms with E-state index >= 15 is 0 Å². The molecule has 120 valence electrons. The molecule has 7 heteroatoms. The van der Waals surface area contributed by atoms with Gasteiger partial charge in [0.05, 0.1) is 4.90 Å². The monoisotopic (exact) mass is 349 g/mol. The van der Waals surface area contributed by atoms with Gasteiger partial charge in [-0.15, -0.1) is 0 Å². The zero-order chi connectivity index (χ0) is 16.6. The summed E-state index contributed by atoms with van der Waals surface area (Å²) in [7, 11) is -3.79. The average molecular weight is 350 g/mol. The number of aromatic nitrogens is 2. The van der Waals surface area contributed by atoms with E-state index in [0.717, 1.165) is 10.9 Å². The van der Waals surface area contributed by atoms with Crippen molar-refractivity contribution >= 4 is 32.7 Å². The third kappa shape index (κ3) is 2.63. The molecule has 2 heterocycles. The van der Waals surface area contributed by atoms with Crippen molar-refractivity contribution in [3.05, 3.63) is 58.9 Å². The average Bonchev–Trinajstić information content (AvgIpc) is 2.90. The minimum absolute atomic E-state index is 0.173. The lowest BCUT2D eigenvalue weighted by Crippen LogP contribution is -2.14. The van der Waals surface area contributed by atoms with Crippen LogP contribution in [0, 0.1) is 6.92 Å². The molecule has 0 aliphatic carbocycles. The highest BCUT2D eigenvalue weighted by Gasteiger charge is 2.24. The van der Waals surface area contributed by atoms with Crippen LogP contribution in [0.5, 0.6) is 0 Å². The van der Waals surface area contributed by atoms with Crippen LogP contribution in [0.3, 0.4) is 0 Å². The maximum Gasteiger partial charge on any atom is 0.269 e. The molecule has 0 amide bonds. The Hall–Kier alpha value is -1.89. The molecule has 2 N–H and O–H groups in total. The quantitative estimate of drug-likeness (QED) is 0.785. The predicted octanol–water partition coefficient (Wildman–Crippen LogP) is 2.74. The van der Waals surface area contributed by atoms with Gasteiger partial charge in [0.2, 0.25) is 0 Å². The Balaban J connectivity index is 2.29.